The zero-order valence-corrected chi connectivity index (χ0v) is 16.9. The first kappa shape index (κ1) is 21.9. The Kier molecular flexibility index (Phi) is 8.43. The summed E-state index contributed by atoms with van der Waals surface area (Å²) in [4.78, 5) is 36.1. The molecule has 10 heteroatoms. The Morgan fingerprint density at radius 3 is 2.43 bits per heavy atom. The molecule has 7 nitrogen and oxygen atoms in total. The van der Waals surface area contributed by atoms with Crippen molar-refractivity contribution in [3.05, 3.63) is 64.1 Å². The highest BCUT2D eigenvalue weighted by Gasteiger charge is 2.20. The van der Waals surface area contributed by atoms with Crippen LogP contribution in [0.15, 0.2) is 53.4 Å². The molecule has 28 heavy (non-hydrogen) atoms. The molecule has 5 N–H and O–H groups in total. The lowest BCUT2D eigenvalue weighted by Gasteiger charge is -2.17. The Balaban J connectivity index is 1.87. The summed E-state index contributed by atoms with van der Waals surface area (Å²) in [6.07, 6.45) is 0.221. The van der Waals surface area contributed by atoms with Crippen LogP contribution < -0.4 is 21.9 Å². The largest absolute Gasteiger partial charge is 0.352 e. The molecule has 1 atom stereocenters. The first-order valence-electron chi connectivity index (χ1n) is 8.11. The number of rotatable bonds is 7. The minimum absolute atomic E-state index is 0.00689. The van der Waals surface area contributed by atoms with Crippen molar-refractivity contribution in [1.29, 1.82) is 0 Å². The number of carbonyl (C=O) groups excluding carboxylic acids is 3. The van der Waals surface area contributed by atoms with E-state index < -0.39 is 23.9 Å². The number of amides is 4. The van der Waals surface area contributed by atoms with Crippen LogP contribution in [-0.2, 0) is 16.0 Å². The number of urea groups is 1. The third kappa shape index (κ3) is 7.30. The first-order chi connectivity index (χ1) is 13.3. The molecule has 148 valence electrons. The summed E-state index contributed by atoms with van der Waals surface area (Å²) in [5, 5.41) is 3.34. The Morgan fingerprint density at radius 1 is 1.04 bits per heavy atom. The minimum atomic E-state index is -0.935. The summed E-state index contributed by atoms with van der Waals surface area (Å²) < 4.78 is 0. The number of hydrogen-bond donors (Lipinski definition) is 4. The molecule has 0 aliphatic carbocycles. The molecule has 0 aliphatic heterocycles. The van der Waals surface area contributed by atoms with Gasteiger partial charge in [-0.25, -0.2) is 4.79 Å². The maximum absolute atomic E-state index is 12.3. The SMILES string of the molecule is NC(=O)NC(Cc1ccccc1)C(=O)NNC(=O)CSc1cc(Cl)ccc1Cl. The van der Waals surface area contributed by atoms with Crippen molar-refractivity contribution in [3.63, 3.8) is 0 Å². The molecule has 0 aliphatic rings. The van der Waals surface area contributed by atoms with Crippen LogP contribution in [0.4, 0.5) is 4.79 Å². The van der Waals surface area contributed by atoms with Crippen LogP contribution in [0, 0.1) is 0 Å². The standard InChI is InChI=1S/C18H18Cl2N4O3S/c19-12-6-7-13(20)15(9-12)28-10-16(25)23-24-17(26)14(22-18(21)27)8-11-4-2-1-3-5-11/h1-7,9,14H,8,10H2,(H,23,25)(H,24,26)(H3,21,22,27). The third-order valence-corrected chi connectivity index (χ3v) is 5.22. The molecule has 0 aromatic heterocycles. The summed E-state index contributed by atoms with van der Waals surface area (Å²) in [7, 11) is 0. The van der Waals surface area contributed by atoms with Crippen LogP contribution in [0.3, 0.4) is 0 Å². The lowest BCUT2D eigenvalue weighted by Crippen LogP contribution is -2.54. The van der Waals surface area contributed by atoms with Crippen LogP contribution >= 0.6 is 35.0 Å². The van der Waals surface area contributed by atoms with E-state index in [4.69, 9.17) is 28.9 Å². The molecule has 4 amide bonds. The molecule has 2 aromatic carbocycles. The molecular formula is C18H18Cl2N4O3S. The van der Waals surface area contributed by atoms with Crippen LogP contribution in [0.25, 0.3) is 0 Å². The minimum Gasteiger partial charge on any atom is -0.352 e. The lowest BCUT2D eigenvalue weighted by atomic mass is 10.1. The van der Waals surface area contributed by atoms with E-state index in [0.29, 0.717) is 14.9 Å². The van der Waals surface area contributed by atoms with Crippen molar-refractivity contribution in [2.75, 3.05) is 5.75 Å². The number of carbonyl (C=O) groups is 3. The molecule has 0 radical (unpaired) electrons. The van der Waals surface area contributed by atoms with E-state index in [0.717, 1.165) is 5.56 Å². The zero-order chi connectivity index (χ0) is 20.5. The highest BCUT2D eigenvalue weighted by Crippen LogP contribution is 2.29. The number of benzene rings is 2. The van der Waals surface area contributed by atoms with Gasteiger partial charge in [-0.15, -0.1) is 11.8 Å². The number of hydrogen-bond acceptors (Lipinski definition) is 4. The summed E-state index contributed by atoms with van der Waals surface area (Å²) >= 11 is 13.1. The van der Waals surface area contributed by atoms with Gasteiger partial charge in [-0.2, -0.15) is 0 Å². The van der Waals surface area contributed by atoms with Crippen molar-refractivity contribution in [2.45, 2.75) is 17.4 Å². The summed E-state index contributed by atoms with van der Waals surface area (Å²) in [5.74, 6) is -1.04. The van der Waals surface area contributed by atoms with Gasteiger partial charge >= 0.3 is 6.03 Å². The third-order valence-electron chi connectivity index (χ3n) is 3.49. The van der Waals surface area contributed by atoms with E-state index in [1.165, 1.54) is 11.8 Å². The second kappa shape index (κ2) is 10.8. The van der Waals surface area contributed by atoms with E-state index in [1.54, 1.807) is 18.2 Å². The fourth-order valence-corrected chi connectivity index (χ4v) is 3.51. The molecule has 0 bridgehead atoms. The van der Waals surface area contributed by atoms with Crippen LogP contribution in [0.2, 0.25) is 10.0 Å². The van der Waals surface area contributed by atoms with E-state index in [1.807, 2.05) is 30.3 Å². The molecule has 0 heterocycles. The van der Waals surface area contributed by atoms with E-state index in [2.05, 4.69) is 16.2 Å². The Labute approximate surface area is 176 Å². The van der Waals surface area contributed by atoms with E-state index in [9.17, 15) is 14.4 Å². The lowest BCUT2D eigenvalue weighted by molar-refractivity contribution is -0.128. The molecule has 0 fully saturated rings. The summed E-state index contributed by atoms with van der Waals surface area (Å²) in [6.45, 7) is 0. The highest BCUT2D eigenvalue weighted by atomic mass is 35.5. The Hall–Kier alpha value is -2.42. The number of nitrogens with two attached hydrogens (primary N) is 1. The monoisotopic (exact) mass is 440 g/mol. The molecule has 2 rings (SSSR count). The van der Waals surface area contributed by atoms with Gasteiger partial charge in [0.1, 0.15) is 6.04 Å². The molecular weight excluding hydrogens is 423 g/mol. The van der Waals surface area contributed by atoms with Gasteiger partial charge in [0.25, 0.3) is 5.91 Å². The van der Waals surface area contributed by atoms with Gasteiger partial charge in [-0.05, 0) is 23.8 Å². The van der Waals surface area contributed by atoms with Crippen molar-refractivity contribution < 1.29 is 14.4 Å². The quantitative estimate of drug-likeness (QED) is 0.391. The second-order valence-corrected chi connectivity index (χ2v) is 7.51. The van der Waals surface area contributed by atoms with Crippen LogP contribution in [-0.4, -0.2) is 29.6 Å². The van der Waals surface area contributed by atoms with E-state index >= 15 is 0 Å². The predicted molar refractivity (Wildman–Crippen MR) is 110 cm³/mol. The maximum Gasteiger partial charge on any atom is 0.312 e. The highest BCUT2D eigenvalue weighted by molar-refractivity contribution is 8.00. The van der Waals surface area contributed by atoms with Gasteiger partial charge in [0.05, 0.1) is 10.8 Å². The molecule has 1 unspecified atom stereocenters. The molecule has 0 saturated heterocycles. The fraction of sp³-hybridized carbons (Fsp3) is 0.167. The van der Waals surface area contributed by atoms with Gasteiger partial charge in [0, 0.05) is 16.3 Å². The Bertz CT molecular complexity index is 852. The van der Waals surface area contributed by atoms with Crippen molar-refractivity contribution in [1.82, 2.24) is 16.2 Å². The molecule has 2 aromatic rings. The van der Waals surface area contributed by atoms with Gasteiger partial charge in [-0.3, -0.25) is 20.4 Å². The van der Waals surface area contributed by atoms with Gasteiger partial charge in [0.15, 0.2) is 0 Å². The maximum atomic E-state index is 12.3. The predicted octanol–water partition coefficient (Wildman–Crippen LogP) is 2.51. The average Bonchev–Trinajstić information content (AvgIpc) is 2.66. The number of thioether (sulfide) groups is 1. The topological polar surface area (TPSA) is 113 Å². The fourth-order valence-electron chi connectivity index (χ4n) is 2.22. The van der Waals surface area contributed by atoms with Gasteiger partial charge in [0.2, 0.25) is 5.91 Å². The Morgan fingerprint density at radius 2 is 1.75 bits per heavy atom. The van der Waals surface area contributed by atoms with Crippen LogP contribution in [0.1, 0.15) is 5.56 Å². The number of nitrogens with one attached hydrogen (secondary N) is 3. The zero-order valence-electron chi connectivity index (χ0n) is 14.6. The molecule has 0 saturated carbocycles. The van der Waals surface area contributed by atoms with Crippen molar-refractivity contribution >= 4 is 52.8 Å². The number of hydrazine groups is 1. The average molecular weight is 441 g/mol. The smallest absolute Gasteiger partial charge is 0.312 e. The summed E-state index contributed by atoms with van der Waals surface area (Å²) in [5.41, 5.74) is 10.6. The normalized spacial score (nSPS) is 11.4. The summed E-state index contributed by atoms with van der Waals surface area (Å²) in [6, 6.07) is 12.2. The molecule has 0 spiro atoms. The number of halogens is 2. The van der Waals surface area contributed by atoms with Crippen molar-refractivity contribution in [3.8, 4) is 0 Å². The second-order valence-electron chi connectivity index (χ2n) is 5.65. The number of primary amides is 1. The van der Waals surface area contributed by atoms with Crippen LogP contribution in [0.5, 0.6) is 0 Å². The first-order valence-corrected chi connectivity index (χ1v) is 9.85. The van der Waals surface area contributed by atoms with E-state index in [-0.39, 0.29) is 12.2 Å². The van der Waals surface area contributed by atoms with Gasteiger partial charge in [-0.1, -0.05) is 53.5 Å². The van der Waals surface area contributed by atoms with Gasteiger partial charge < -0.3 is 11.1 Å². The van der Waals surface area contributed by atoms with Crippen molar-refractivity contribution in [2.24, 2.45) is 5.73 Å².